The zero-order valence-electron chi connectivity index (χ0n) is 14.4. The van der Waals surface area contributed by atoms with Crippen LogP contribution in [0.4, 0.5) is 22.0 Å². The van der Waals surface area contributed by atoms with Crippen molar-refractivity contribution in [1.82, 2.24) is 9.55 Å². The number of aromatic nitrogens is 2. The van der Waals surface area contributed by atoms with E-state index in [0.29, 0.717) is 16.4 Å². The van der Waals surface area contributed by atoms with Crippen LogP contribution in [0.1, 0.15) is 22.4 Å². The maximum Gasteiger partial charge on any atom is 0.416 e. The Kier molecular flexibility index (Phi) is 6.04. The molecule has 1 heterocycles. The minimum atomic E-state index is -4.47. The van der Waals surface area contributed by atoms with Crippen LogP contribution in [0.5, 0.6) is 0 Å². The van der Waals surface area contributed by atoms with E-state index in [-0.39, 0.29) is 24.5 Å². The molecular formula is C19H15F5N2OS. The summed E-state index contributed by atoms with van der Waals surface area (Å²) in [6, 6.07) is 8.38. The summed E-state index contributed by atoms with van der Waals surface area (Å²) in [5, 5.41) is 9.83. The molecule has 0 saturated heterocycles. The summed E-state index contributed by atoms with van der Waals surface area (Å²) < 4.78 is 67.9. The smallest absolute Gasteiger partial charge is 0.390 e. The summed E-state index contributed by atoms with van der Waals surface area (Å²) in [5.74, 6) is -1.43. The fraction of sp³-hybridized carbons (Fsp3) is 0.211. The highest BCUT2D eigenvalue weighted by molar-refractivity contribution is 7.98. The van der Waals surface area contributed by atoms with Crippen LogP contribution < -0.4 is 0 Å². The number of hydrogen-bond donors (Lipinski definition) is 1. The highest BCUT2D eigenvalue weighted by atomic mass is 32.2. The molecule has 0 amide bonds. The van der Waals surface area contributed by atoms with Crippen molar-refractivity contribution in [2.75, 3.05) is 0 Å². The molecule has 3 aromatic rings. The molecule has 28 heavy (non-hydrogen) atoms. The molecule has 1 aromatic heterocycles. The van der Waals surface area contributed by atoms with Gasteiger partial charge in [0, 0.05) is 17.9 Å². The number of nitrogens with zero attached hydrogens (tertiary/aromatic N) is 2. The second kappa shape index (κ2) is 8.32. The highest BCUT2D eigenvalue weighted by Gasteiger charge is 2.30. The van der Waals surface area contributed by atoms with Crippen LogP contribution in [0, 0.1) is 11.6 Å². The summed E-state index contributed by atoms with van der Waals surface area (Å²) in [7, 11) is 0. The van der Waals surface area contributed by atoms with Crippen molar-refractivity contribution in [3.63, 3.8) is 0 Å². The topological polar surface area (TPSA) is 38.1 Å². The van der Waals surface area contributed by atoms with Crippen molar-refractivity contribution in [3.05, 3.63) is 82.7 Å². The van der Waals surface area contributed by atoms with E-state index in [9.17, 15) is 27.1 Å². The van der Waals surface area contributed by atoms with E-state index < -0.39 is 23.4 Å². The summed E-state index contributed by atoms with van der Waals surface area (Å²) >= 11 is 1.03. The molecule has 0 aliphatic carbocycles. The molecule has 9 heteroatoms. The van der Waals surface area contributed by atoms with Crippen molar-refractivity contribution in [3.8, 4) is 0 Å². The number of thioether (sulfide) groups is 1. The monoisotopic (exact) mass is 414 g/mol. The van der Waals surface area contributed by atoms with Crippen LogP contribution in [-0.2, 0) is 25.1 Å². The first-order chi connectivity index (χ1) is 13.3. The summed E-state index contributed by atoms with van der Waals surface area (Å²) in [5.41, 5.74) is -0.152. The Bertz CT molecular complexity index is 951. The van der Waals surface area contributed by atoms with Gasteiger partial charge < -0.3 is 9.67 Å². The van der Waals surface area contributed by atoms with Gasteiger partial charge in [0.2, 0.25) is 0 Å². The van der Waals surface area contributed by atoms with Gasteiger partial charge in [-0.25, -0.2) is 13.8 Å². The molecular weight excluding hydrogens is 399 g/mol. The fourth-order valence-electron chi connectivity index (χ4n) is 2.64. The predicted molar refractivity (Wildman–Crippen MR) is 94.6 cm³/mol. The molecule has 0 aliphatic heterocycles. The Morgan fingerprint density at radius 3 is 2.36 bits per heavy atom. The van der Waals surface area contributed by atoms with Crippen molar-refractivity contribution in [2.24, 2.45) is 0 Å². The number of rotatable bonds is 6. The van der Waals surface area contributed by atoms with Crippen LogP contribution >= 0.6 is 11.8 Å². The number of hydrogen-bond acceptors (Lipinski definition) is 3. The Morgan fingerprint density at radius 1 is 1.04 bits per heavy atom. The fourth-order valence-corrected chi connectivity index (χ4v) is 3.65. The highest BCUT2D eigenvalue weighted by Crippen LogP contribution is 2.31. The standard InChI is InChI=1S/C19H15F5N2OS/c20-16-5-2-6-17(21)15(16)11-28-18-25-8-14(10-27)26(18)9-12-3-1-4-13(7-12)19(22,23)24/h1-8,27H,9-11H2. The maximum atomic E-state index is 13.8. The minimum Gasteiger partial charge on any atom is -0.390 e. The first-order valence-electron chi connectivity index (χ1n) is 8.16. The van der Waals surface area contributed by atoms with E-state index in [1.54, 1.807) is 0 Å². The molecule has 0 radical (unpaired) electrons. The number of halogens is 5. The van der Waals surface area contributed by atoms with Gasteiger partial charge in [-0.15, -0.1) is 0 Å². The first-order valence-corrected chi connectivity index (χ1v) is 9.15. The lowest BCUT2D eigenvalue weighted by molar-refractivity contribution is -0.137. The average molecular weight is 414 g/mol. The molecule has 2 aromatic carbocycles. The Balaban J connectivity index is 1.85. The molecule has 0 unspecified atom stereocenters. The zero-order chi connectivity index (χ0) is 20.3. The molecule has 0 aliphatic rings. The van der Waals surface area contributed by atoms with Gasteiger partial charge in [0.15, 0.2) is 5.16 Å². The zero-order valence-corrected chi connectivity index (χ0v) is 15.2. The molecule has 148 valence electrons. The summed E-state index contributed by atoms with van der Waals surface area (Å²) in [4.78, 5) is 4.13. The van der Waals surface area contributed by atoms with Crippen molar-refractivity contribution >= 4 is 11.8 Å². The number of imidazole rings is 1. The lowest BCUT2D eigenvalue weighted by Gasteiger charge is -2.13. The average Bonchev–Trinajstić information content (AvgIpc) is 3.02. The molecule has 0 bridgehead atoms. The van der Waals surface area contributed by atoms with Crippen LogP contribution in [-0.4, -0.2) is 14.7 Å². The Hall–Kier alpha value is -2.39. The van der Waals surface area contributed by atoms with E-state index in [0.717, 1.165) is 36.0 Å². The van der Waals surface area contributed by atoms with E-state index in [2.05, 4.69) is 4.98 Å². The second-order valence-electron chi connectivity index (χ2n) is 5.96. The molecule has 1 N–H and O–H groups in total. The molecule has 0 fully saturated rings. The summed E-state index contributed by atoms with van der Waals surface area (Å²) in [6.45, 7) is -0.345. The van der Waals surface area contributed by atoms with Gasteiger partial charge in [0.05, 0.1) is 24.1 Å². The largest absolute Gasteiger partial charge is 0.416 e. The third kappa shape index (κ3) is 4.53. The van der Waals surface area contributed by atoms with Crippen molar-refractivity contribution in [1.29, 1.82) is 0 Å². The van der Waals surface area contributed by atoms with Gasteiger partial charge in [0.1, 0.15) is 11.6 Å². The number of aliphatic hydroxyl groups excluding tert-OH is 1. The Morgan fingerprint density at radius 2 is 1.71 bits per heavy atom. The van der Waals surface area contributed by atoms with Crippen molar-refractivity contribution < 1.29 is 27.1 Å². The van der Waals surface area contributed by atoms with Crippen LogP contribution in [0.25, 0.3) is 0 Å². The lowest BCUT2D eigenvalue weighted by Crippen LogP contribution is -2.09. The van der Waals surface area contributed by atoms with E-state index >= 15 is 0 Å². The lowest BCUT2D eigenvalue weighted by atomic mass is 10.1. The van der Waals surface area contributed by atoms with Gasteiger partial charge in [-0.3, -0.25) is 0 Å². The molecule has 0 spiro atoms. The normalized spacial score (nSPS) is 11.8. The minimum absolute atomic E-state index is 0.0297. The number of alkyl halides is 3. The van der Waals surface area contributed by atoms with Crippen LogP contribution in [0.15, 0.2) is 53.8 Å². The molecule has 3 nitrogen and oxygen atoms in total. The van der Waals surface area contributed by atoms with Crippen molar-refractivity contribution in [2.45, 2.75) is 30.2 Å². The second-order valence-corrected chi connectivity index (χ2v) is 6.91. The van der Waals surface area contributed by atoms with Gasteiger partial charge >= 0.3 is 6.18 Å². The molecule has 0 saturated carbocycles. The van der Waals surface area contributed by atoms with Gasteiger partial charge in [0.25, 0.3) is 0 Å². The van der Waals surface area contributed by atoms with E-state index in [1.165, 1.54) is 29.0 Å². The third-order valence-corrected chi connectivity index (χ3v) is 5.08. The third-order valence-electron chi connectivity index (χ3n) is 4.07. The van der Waals surface area contributed by atoms with Crippen LogP contribution in [0.3, 0.4) is 0 Å². The first kappa shape index (κ1) is 20.3. The molecule has 3 rings (SSSR count). The maximum absolute atomic E-state index is 13.8. The predicted octanol–water partition coefficient (Wildman–Crippen LogP) is 5.01. The van der Waals surface area contributed by atoms with Gasteiger partial charge in [-0.05, 0) is 29.8 Å². The Labute approximate surface area is 161 Å². The SMILES string of the molecule is OCc1cnc(SCc2c(F)cccc2F)n1Cc1cccc(C(F)(F)F)c1. The van der Waals surface area contributed by atoms with Gasteiger partial charge in [-0.2, -0.15) is 13.2 Å². The number of benzene rings is 2. The quantitative estimate of drug-likeness (QED) is 0.455. The van der Waals surface area contributed by atoms with E-state index in [1.807, 2.05) is 0 Å². The van der Waals surface area contributed by atoms with Crippen LogP contribution in [0.2, 0.25) is 0 Å². The van der Waals surface area contributed by atoms with E-state index in [4.69, 9.17) is 0 Å². The molecule has 0 atom stereocenters. The number of aliphatic hydroxyl groups is 1. The summed E-state index contributed by atoms with van der Waals surface area (Å²) in [6.07, 6.45) is -3.08. The van der Waals surface area contributed by atoms with Gasteiger partial charge in [-0.1, -0.05) is 30.0 Å².